The molecule has 0 bridgehead atoms. The average molecular weight is 348 g/mol. The third kappa shape index (κ3) is 5.01. The number of methoxy groups -OCH3 is 1. The number of hydrogen-bond donors (Lipinski definition) is 2. The van der Waals surface area contributed by atoms with Crippen molar-refractivity contribution in [3.05, 3.63) is 84.4 Å². The van der Waals surface area contributed by atoms with Crippen molar-refractivity contribution in [2.75, 3.05) is 17.7 Å². The number of carbonyl (C=O) groups excluding carboxylic acids is 1. The fourth-order valence-corrected chi connectivity index (χ4v) is 2.35. The normalized spacial score (nSPS) is 10.0. The molecule has 0 aliphatic rings. The van der Waals surface area contributed by atoms with E-state index in [2.05, 4.69) is 10.6 Å². The highest BCUT2D eigenvalue weighted by Crippen LogP contribution is 2.21. The number of carbonyl (C=O) groups is 1. The Bertz CT molecular complexity index is 831. The van der Waals surface area contributed by atoms with Crippen LogP contribution in [0.1, 0.15) is 5.56 Å². The number of amides is 1. The minimum Gasteiger partial charge on any atom is -0.497 e. The van der Waals surface area contributed by atoms with Crippen molar-refractivity contribution in [1.82, 2.24) is 0 Å². The summed E-state index contributed by atoms with van der Waals surface area (Å²) in [5.41, 5.74) is 3.48. The van der Waals surface area contributed by atoms with Gasteiger partial charge in [-0.25, -0.2) is 4.79 Å². The number of anilines is 3. The molecule has 0 radical (unpaired) electrons. The van der Waals surface area contributed by atoms with Gasteiger partial charge < -0.3 is 14.8 Å². The lowest BCUT2D eigenvalue weighted by atomic mass is 10.2. The van der Waals surface area contributed by atoms with Crippen LogP contribution in [0.25, 0.3) is 0 Å². The lowest BCUT2D eigenvalue weighted by molar-refractivity contribution is 0.155. The molecule has 3 rings (SSSR count). The van der Waals surface area contributed by atoms with E-state index in [-0.39, 0.29) is 6.61 Å². The molecule has 0 spiro atoms. The zero-order valence-corrected chi connectivity index (χ0v) is 14.4. The van der Waals surface area contributed by atoms with Gasteiger partial charge in [0.25, 0.3) is 0 Å². The van der Waals surface area contributed by atoms with Crippen molar-refractivity contribution in [3.63, 3.8) is 0 Å². The molecule has 5 heteroatoms. The van der Waals surface area contributed by atoms with E-state index in [9.17, 15) is 4.79 Å². The number of rotatable bonds is 6. The van der Waals surface area contributed by atoms with E-state index >= 15 is 0 Å². The van der Waals surface area contributed by atoms with Crippen LogP contribution in [0.3, 0.4) is 0 Å². The standard InChI is InChI=1S/C21H20N2O3/c1-25-20-13-11-18(12-14-20)22-17-7-9-19(10-8-17)23-21(24)26-15-16-5-3-2-4-6-16/h2-14,22H,15H2,1H3,(H,23,24). The Labute approximate surface area is 152 Å². The Morgan fingerprint density at radius 2 is 1.38 bits per heavy atom. The Kier molecular flexibility index (Phi) is 5.72. The summed E-state index contributed by atoms with van der Waals surface area (Å²) in [7, 11) is 1.64. The summed E-state index contributed by atoms with van der Waals surface area (Å²) >= 11 is 0. The molecule has 0 heterocycles. The van der Waals surface area contributed by atoms with E-state index < -0.39 is 6.09 Å². The van der Waals surface area contributed by atoms with E-state index in [1.54, 1.807) is 7.11 Å². The van der Waals surface area contributed by atoms with Gasteiger partial charge in [0.2, 0.25) is 0 Å². The lowest BCUT2D eigenvalue weighted by Gasteiger charge is -2.10. The molecule has 1 amide bonds. The first-order chi connectivity index (χ1) is 12.7. The molecule has 0 unspecified atom stereocenters. The van der Waals surface area contributed by atoms with Gasteiger partial charge in [-0.3, -0.25) is 5.32 Å². The van der Waals surface area contributed by atoms with Crippen LogP contribution < -0.4 is 15.4 Å². The van der Waals surface area contributed by atoms with Crippen LogP contribution in [0.15, 0.2) is 78.9 Å². The zero-order chi connectivity index (χ0) is 18.2. The fourth-order valence-electron chi connectivity index (χ4n) is 2.35. The molecule has 5 nitrogen and oxygen atoms in total. The summed E-state index contributed by atoms with van der Waals surface area (Å²) in [4.78, 5) is 11.9. The average Bonchev–Trinajstić information content (AvgIpc) is 2.69. The number of ether oxygens (including phenoxy) is 2. The maximum absolute atomic E-state index is 11.9. The van der Waals surface area contributed by atoms with Crippen molar-refractivity contribution in [1.29, 1.82) is 0 Å². The molecular weight excluding hydrogens is 328 g/mol. The van der Waals surface area contributed by atoms with Crippen molar-refractivity contribution >= 4 is 23.2 Å². The van der Waals surface area contributed by atoms with Gasteiger partial charge in [-0.1, -0.05) is 30.3 Å². The third-order valence-electron chi connectivity index (χ3n) is 3.72. The second kappa shape index (κ2) is 8.58. The largest absolute Gasteiger partial charge is 0.497 e. The fraction of sp³-hybridized carbons (Fsp3) is 0.0952. The van der Waals surface area contributed by atoms with E-state index in [0.29, 0.717) is 5.69 Å². The van der Waals surface area contributed by atoms with Crippen LogP contribution in [-0.2, 0) is 11.3 Å². The van der Waals surface area contributed by atoms with Gasteiger partial charge in [0.05, 0.1) is 7.11 Å². The molecule has 0 saturated heterocycles. The number of benzene rings is 3. The molecule has 0 atom stereocenters. The van der Waals surface area contributed by atoms with Crippen molar-refractivity contribution in [2.45, 2.75) is 6.61 Å². The van der Waals surface area contributed by atoms with Crippen LogP contribution in [0.2, 0.25) is 0 Å². The Morgan fingerprint density at radius 3 is 2.00 bits per heavy atom. The van der Waals surface area contributed by atoms with Gasteiger partial charge in [-0.15, -0.1) is 0 Å². The molecule has 0 aliphatic carbocycles. The maximum Gasteiger partial charge on any atom is 0.411 e. The highest BCUT2D eigenvalue weighted by atomic mass is 16.5. The molecule has 2 N–H and O–H groups in total. The van der Waals surface area contributed by atoms with Crippen LogP contribution in [0.4, 0.5) is 21.9 Å². The summed E-state index contributed by atoms with van der Waals surface area (Å²) in [5.74, 6) is 0.809. The first kappa shape index (κ1) is 17.4. The van der Waals surface area contributed by atoms with Crippen LogP contribution >= 0.6 is 0 Å². The van der Waals surface area contributed by atoms with Gasteiger partial charge in [-0.05, 0) is 54.1 Å². The van der Waals surface area contributed by atoms with Crippen molar-refractivity contribution < 1.29 is 14.3 Å². The van der Waals surface area contributed by atoms with Crippen LogP contribution in [-0.4, -0.2) is 13.2 Å². The van der Waals surface area contributed by atoms with Gasteiger partial charge in [0, 0.05) is 17.1 Å². The molecule has 0 saturated carbocycles. The minimum absolute atomic E-state index is 0.240. The smallest absolute Gasteiger partial charge is 0.411 e. The second-order valence-electron chi connectivity index (χ2n) is 5.62. The molecule has 26 heavy (non-hydrogen) atoms. The number of nitrogens with one attached hydrogen (secondary N) is 2. The predicted octanol–water partition coefficient (Wildman–Crippen LogP) is 5.19. The minimum atomic E-state index is -0.482. The van der Waals surface area contributed by atoms with Crippen molar-refractivity contribution in [3.8, 4) is 5.75 Å². The number of hydrogen-bond acceptors (Lipinski definition) is 4. The van der Waals surface area contributed by atoms with Gasteiger partial charge in [-0.2, -0.15) is 0 Å². The summed E-state index contributed by atoms with van der Waals surface area (Å²) in [6, 6.07) is 24.6. The molecule has 132 valence electrons. The molecule has 3 aromatic carbocycles. The zero-order valence-electron chi connectivity index (χ0n) is 14.4. The Morgan fingerprint density at radius 1 is 0.808 bits per heavy atom. The first-order valence-electron chi connectivity index (χ1n) is 8.22. The maximum atomic E-state index is 11.9. The van der Waals surface area contributed by atoms with E-state index in [1.165, 1.54) is 0 Å². The molecule has 0 fully saturated rings. The van der Waals surface area contributed by atoms with E-state index in [4.69, 9.17) is 9.47 Å². The van der Waals surface area contributed by atoms with E-state index in [1.807, 2.05) is 78.9 Å². The quantitative estimate of drug-likeness (QED) is 0.644. The molecule has 3 aromatic rings. The third-order valence-corrected chi connectivity index (χ3v) is 3.72. The van der Waals surface area contributed by atoms with Crippen LogP contribution in [0, 0.1) is 0 Å². The van der Waals surface area contributed by atoms with Crippen LogP contribution in [0.5, 0.6) is 5.75 Å². The predicted molar refractivity (Wildman–Crippen MR) is 103 cm³/mol. The second-order valence-corrected chi connectivity index (χ2v) is 5.62. The Hall–Kier alpha value is -3.47. The molecular formula is C21H20N2O3. The summed E-state index contributed by atoms with van der Waals surface area (Å²) < 4.78 is 10.3. The van der Waals surface area contributed by atoms with Gasteiger partial charge in [0.1, 0.15) is 12.4 Å². The van der Waals surface area contributed by atoms with Gasteiger partial charge in [0.15, 0.2) is 0 Å². The summed E-state index contributed by atoms with van der Waals surface area (Å²) in [6.45, 7) is 0.240. The summed E-state index contributed by atoms with van der Waals surface area (Å²) in [5, 5.41) is 6.00. The van der Waals surface area contributed by atoms with Gasteiger partial charge >= 0.3 is 6.09 Å². The highest BCUT2D eigenvalue weighted by molar-refractivity contribution is 5.85. The SMILES string of the molecule is COc1ccc(Nc2ccc(NC(=O)OCc3ccccc3)cc2)cc1. The molecule has 0 aromatic heterocycles. The highest BCUT2D eigenvalue weighted by Gasteiger charge is 2.04. The lowest BCUT2D eigenvalue weighted by Crippen LogP contribution is -2.13. The topological polar surface area (TPSA) is 59.6 Å². The van der Waals surface area contributed by atoms with Crippen molar-refractivity contribution in [2.24, 2.45) is 0 Å². The van der Waals surface area contributed by atoms with E-state index in [0.717, 1.165) is 22.7 Å². The molecule has 0 aliphatic heterocycles. The summed E-state index contributed by atoms with van der Waals surface area (Å²) in [6.07, 6.45) is -0.482. The first-order valence-corrected chi connectivity index (χ1v) is 8.22. The monoisotopic (exact) mass is 348 g/mol. The Balaban J connectivity index is 1.51.